The fourth-order valence-corrected chi connectivity index (χ4v) is 2.21. The lowest BCUT2D eigenvalue weighted by atomic mass is 10.1. The Hall–Kier alpha value is -3.05. The van der Waals surface area contributed by atoms with Crippen molar-refractivity contribution < 1.29 is 24.2 Å². The van der Waals surface area contributed by atoms with E-state index in [1.807, 2.05) is 30.3 Å². The maximum Gasteiger partial charge on any atom is 0.407 e. The Balaban J connectivity index is 2.28. The smallest absolute Gasteiger partial charge is 0.407 e. The van der Waals surface area contributed by atoms with Gasteiger partial charge in [0.1, 0.15) is 12.6 Å². The number of terminal acetylenes is 1. The molecule has 0 spiro atoms. The number of aliphatic hydroxyl groups is 1. The number of nitrogens with one attached hydrogen (secondary N) is 2. The fraction of sp³-hybridized carbons (Fsp3) is 0.421. The largest absolute Gasteiger partial charge is 0.445 e. The van der Waals surface area contributed by atoms with Crippen LogP contribution in [0.2, 0.25) is 0 Å². The molecule has 3 amide bonds. The van der Waals surface area contributed by atoms with Crippen LogP contribution in [0, 0.1) is 12.3 Å². The first kappa shape index (κ1) is 22.0. The highest BCUT2D eigenvalue weighted by Crippen LogP contribution is 2.02. The molecular weight excluding hydrogens is 350 g/mol. The second-order valence-electron chi connectivity index (χ2n) is 5.92. The van der Waals surface area contributed by atoms with Crippen LogP contribution < -0.4 is 16.4 Å². The minimum absolute atomic E-state index is 0.0984. The number of unbranched alkanes of at least 4 members (excludes halogenated alkanes) is 1. The molecule has 5 N–H and O–H groups in total. The van der Waals surface area contributed by atoms with E-state index in [-0.39, 0.29) is 19.6 Å². The number of benzene rings is 1. The van der Waals surface area contributed by atoms with Crippen LogP contribution in [-0.4, -0.2) is 41.7 Å². The highest BCUT2D eigenvalue weighted by molar-refractivity contribution is 5.86. The third-order valence-electron chi connectivity index (χ3n) is 3.61. The van der Waals surface area contributed by atoms with Crippen molar-refractivity contribution in [3.8, 4) is 12.3 Å². The van der Waals surface area contributed by atoms with Crippen molar-refractivity contribution in [1.29, 1.82) is 0 Å². The van der Waals surface area contributed by atoms with Crippen molar-refractivity contribution in [2.24, 2.45) is 5.73 Å². The van der Waals surface area contributed by atoms with Crippen LogP contribution in [0.15, 0.2) is 30.3 Å². The summed E-state index contributed by atoms with van der Waals surface area (Å²) in [6.45, 7) is -0.0689. The summed E-state index contributed by atoms with van der Waals surface area (Å²) in [4.78, 5) is 34.8. The highest BCUT2D eigenvalue weighted by Gasteiger charge is 2.19. The van der Waals surface area contributed by atoms with E-state index in [0.29, 0.717) is 19.3 Å². The molecule has 0 heterocycles. The van der Waals surface area contributed by atoms with E-state index in [2.05, 4.69) is 16.6 Å². The summed E-state index contributed by atoms with van der Waals surface area (Å²) in [5, 5.41) is 14.7. The molecule has 8 nitrogen and oxygen atoms in total. The number of alkyl carbamates (subject to hydrolysis) is 1. The molecule has 8 heteroatoms. The molecule has 2 atom stereocenters. The number of rotatable bonds is 11. The monoisotopic (exact) mass is 375 g/mol. The first-order valence-corrected chi connectivity index (χ1v) is 8.57. The van der Waals surface area contributed by atoms with E-state index in [0.717, 1.165) is 5.56 Å². The molecule has 0 aliphatic carbocycles. The van der Waals surface area contributed by atoms with E-state index in [1.54, 1.807) is 0 Å². The summed E-state index contributed by atoms with van der Waals surface area (Å²) in [6, 6.07) is 8.27. The van der Waals surface area contributed by atoms with Gasteiger partial charge in [-0.3, -0.25) is 9.59 Å². The van der Waals surface area contributed by atoms with Gasteiger partial charge >= 0.3 is 6.09 Å². The Kier molecular flexibility index (Phi) is 10.0. The number of hydrogen-bond donors (Lipinski definition) is 4. The minimum Gasteiger partial charge on any atom is -0.445 e. The predicted octanol–water partition coefficient (Wildman–Crippen LogP) is 0.437. The lowest BCUT2D eigenvalue weighted by Crippen LogP contribution is -2.46. The second-order valence-corrected chi connectivity index (χ2v) is 5.92. The van der Waals surface area contributed by atoms with Crippen molar-refractivity contribution in [2.45, 2.75) is 44.4 Å². The van der Waals surface area contributed by atoms with Gasteiger partial charge in [0.2, 0.25) is 11.8 Å². The molecule has 0 aliphatic heterocycles. The van der Waals surface area contributed by atoms with Gasteiger partial charge in [0.25, 0.3) is 0 Å². The molecule has 146 valence electrons. The standard InChI is InChI=1S/C19H25N3O5/c1-2-3-5-10-16(18(20)25)22-17(24)11-15(23)12-21-19(26)27-13-14-8-6-4-7-9-14/h1,4,6-9,15-16,23H,3,5,10-13H2,(H2,20,25)(H,21,26)(H,22,24)/t15-,16-/m1/s1. The van der Waals surface area contributed by atoms with E-state index in [4.69, 9.17) is 16.9 Å². The summed E-state index contributed by atoms with van der Waals surface area (Å²) in [7, 11) is 0. The zero-order chi connectivity index (χ0) is 20.1. The van der Waals surface area contributed by atoms with Gasteiger partial charge < -0.3 is 26.2 Å². The molecule has 0 aromatic heterocycles. The summed E-state index contributed by atoms with van der Waals surface area (Å²) in [5.74, 6) is 1.22. The minimum atomic E-state index is -1.13. The number of carbonyl (C=O) groups excluding carboxylic acids is 3. The van der Waals surface area contributed by atoms with E-state index in [9.17, 15) is 19.5 Å². The maximum absolute atomic E-state index is 11.9. The van der Waals surface area contributed by atoms with Crippen LogP contribution >= 0.6 is 0 Å². The van der Waals surface area contributed by atoms with Crippen molar-refractivity contribution in [2.75, 3.05) is 6.54 Å². The van der Waals surface area contributed by atoms with Gasteiger partial charge in [0, 0.05) is 13.0 Å². The third-order valence-corrected chi connectivity index (χ3v) is 3.61. The van der Waals surface area contributed by atoms with Crippen LogP contribution in [-0.2, 0) is 20.9 Å². The van der Waals surface area contributed by atoms with Crippen LogP contribution in [0.25, 0.3) is 0 Å². The van der Waals surface area contributed by atoms with Gasteiger partial charge in [-0.1, -0.05) is 30.3 Å². The molecule has 27 heavy (non-hydrogen) atoms. The lowest BCUT2D eigenvalue weighted by Gasteiger charge is -2.17. The summed E-state index contributed by atoms with van der Waals surface area (Å²) in [6.07, 6.45) is 4.35. The molecule has 0 aliphatic rings. The second kappa shape index (κ2) is 12.3. The molecule has 1 aromatic carbocycles. The van der Waals surface area contributed by atoms with Gasteiger partial charge in [-0.25, -0.2) is 4.79 Å². The third kappa shape index (κ3) is 9.87. The van der Waals surface area contributed by atoms with Crippen molar-refractivity contribution in [3.63, 3.8) is 0 Å². The normalized spacial score (nSPS) is 12.3. The quantitative estimate of drug-likeness (QED) is 0.329. The van der Waals surface area contributed by atoms with Crippen LogP contribution in [0.5, 0.6) is 0 Å². The maximum atomic E-state index is 11.9. The van der Waals surface area contributed by atoms with E-state index < -0.39 is 30.1 Å². The van der Waals surface area contributed by atoms with Gasteiger partial charge in [0.05, 0.1) is 12.5 Å². The number of amides is 3. The number of nitrogens with two attached hydrogens (primary N) is 1. The summed E-state index contributed by atoms with van der Waals surface area (Å²) >= 11 is 0. The Morgan fingerprint density at radius 3 is 2.59 bits per heavy atom. The van der Waals surface area contributed by atoms with Gasteiger partial charge in [-0.2, -0.15) is 0 Å². The Labute approximate surface area is 158 Å². The molecule has 1 rings (SSSR count). The van der Waals surface area contributed by atoms with Gasteiger partial charge in [-0.05, 0) is 18.4 Å². The number of primary amides is 1. The molecular formula is C19H25N3O5. The Bertz CT molecular complexity index is 657. The van der Waals surface area contributed by atoms with Crippen molar-refractivity contribution >= 4 is 17.9 Å². The first-order valence-electron chi connectivity index (χ1n) is 8.57. The molecule has 0 bridgehead atoms. The van der Waals surface area contributed by atoms with Crippen LogP contribution in [0.3, 0.4) is 0 Å². The molecule has 0 fully saturated rings. The zero-order valence-electron chi connectivity index (χ0n) is 15.0. The molecule has 0 saturated heterocycles. The van der Waals surface area contributed by atoms with Gasteiger partial charge in [-0.15, -0.1) is 12.3 Å². The molecule has 1 aromatic rings. The number of ether oxygens (including phenoxy) is 1. The average Bonchev–Trinajstić information content (AvgIpc) is 2.64. The summed E-state index contributed by atoms with van der Waals surface area (Å²) < 4.78 is 5.00. The van der Waals surface area contributed by atoms with Crippen LogP contribution in [0.1, 0.15) is 31.2 Å². The predicted molar refractivity (Wildman–Crippen MR) is 99.1 cm³/mol. The molecule has 0 radical (unpaired) electrons. The number of aliphatic hydroxyl groups excluding tert-OH is 1. The van der Waals surface area contributed by atoms with Crippen molar-refractivity contribution in [1.82, 2.24) is 10.6 Å². The number of carbonyl (C=O) groups is 3. The van der Waals surface area contributed by atoms with Gasteiger partial charge in [0.15, 0.2) is 0 Å². The van der Waals surface area contributed by atoms with Crippen LogP contribution in [0.4, 0.5) is 4.79 Å². The lowest BCUT2D eigenvalue weighted by molar-refractivity contribution is -0.128. The van der Waals surface area contributed by atoms with Crippen molar-refractivity contribution in [3.05, 3.63) is 35.9 Å². The topological polar surface area (TPSA) is 131 Å². The highest BCUT2D eigenvalue weighted by atomic mass is 16.5. The molecule has 0 saturated carbocycles. The van der Waals surface area contributed by atoms with E-state index in [1.165, 1.54) is 0 Å². The Morgan fingerprint density at radius 1 is 1.26 bits per heavy atom. The Morgan fingerprint density at radius 2 is 1.96 bits per heavy atom. The summed E-state index contributed by atoms with van der Waals surface area (Å²) in [5.41, 5.74) is 6.07. The first-order chi connectivity index (χ1) is 12.9. The number of hydrogen-bond acceptors (Lipinski definition) is 5. The zero-order valence-corrected chi connectivity index (χ0v) is 15.0. The average molecular weight is 375 g/mol. The fourth-order valence-electron chi connectivity index (χ4n) is 2.21. The molecule has 0 unspecified atom stereocenters. The SMILES string of the molecule is C#CCCC[C@@H](NC(=O)C[C@@H](O)CNC(=O)OCc1ccccc1)C(N)=O. The van der Waals surface area contributed by atoms with E-state index >= 15 is 0 Å².